The fourth-order valence-electron chi connectivity index (χ4n) is 2.37. The Labute approximate surface area is 130 Å². The second-order valence-electron chi connectivity index (χ2n) is 6.29. The van der Waals surface area contributed by atoms with Crippen LogP contribution in [0.2, 0.25) is 0 Å². The van der Waals surface area contributed by atoms with Gasteiger partial charge < -0.3 is 14.4 Å². The van der Waals surface area contributed by atoms with E-state index in [0.29, 0.717) is 6.54 Å². The Morgan fingerprint density at radius 2 is 1.95 bits per heavy atom. The van der Waals surface area contributed by atoms with Gasteiger partial charge in [0.05, 0.1) is 0 Å². The van der Waals surface area contributed by atoms with E-state index in [0.717, 1.165) is 11.3 Å². The minimum Gasteiger partial charge on any atom is -0.406 e. The van der Waals surface area contributed by atoms with Crippen molar-refractivity contribution in [3.8, 4) is 5.88 Å². The van der Waals surface area contributed by atoms with Gasteiger partial charge in [-0.2, -0.15) is 0 Å². The summed E-state index contributed by atoms with van der Waals surface area (Å²) in [5.41, 5.74) is 1.06. The highest BCUT2D eigenvalue weighted by Crippen LogP contribution is 2.25. The Morgan fingerprint density at radius 1 is 1.32 bits per heavy atom. The summed E-state index contributed by atoms with van der Waals surface area (Å²) in [5, 5.41) is 10.3. The molecule has 0 aromatic carbocycles. The average Bonchev–Trinajstić information content (AvgIpc) is 2.88. The first kappa shape index (κ1) is 16.2. The molecular weight excluding hydrogens is 280 g/mol. The molecule has 5 heteroatoms. The van der Waals surface area contributed by atoms with Crippen molar-refractivity contribution in [1.29, 1.82) is 0 Å². The van der Waals surface area contributed by atoms with Gasteiger partial charge in [0, 0.05) is 36.1 Å². The molecular formula is C17H22N2O3. The summed E-state index contributed by atoms with van der Waals surface area (Å²) in [4.78, 5) is 16.3. The van der Waals surface area contributed by atoms with Crippen molar-refractivity contribution in [2.75, 3.05) is 0 Å². The number of hydrogen-bond donors (Lipinski definition) is 1. The van der Waals surface area contributed by atoms with Crippen molar-refractivity contribution in [3.63, 3.8) is 0 Å². The first-order chi connectivity index (χ1) is 10.3. The molecule has 2 heterocycles. The van der Waals surface area contributed by atoms with Crippen LogP contribution in [0.25, 0.3) is 0 Å². The van der Waals surface area contributed by atoms with Crippen LogP contribution in [-0.2, 0) is 11.3 Å². The summed E-state index contributed by atoms with van der Waals surface area (Å²) in [6, 6.07) is 7.38. The molecule has 22 heavy (non-hydrogen) atoms. The number of aromatic nitrogens is 2. The zero-order chi connectivity index (χ0) is 16.3. The van der Waals surface area contributed by atoms with Crippen molar-refractivity contribution in [3.05, 3.63) is 47.9 Å². The van der Waals surface area contributed by atoms with Crippen molar-refractivity contribution in [1.82, 2.24) is 9.55 Å². The van der Waals surface area contributed by atoms with Gasteiger partial charge in [0.25, 0.3) is 0 Å². The largest absolute Gasteiger partial charge is 0.406 e. The summed E-state index contributed by atoms with van der Waals surface area (Å²) in [5.74, 6) is -0.465. The number of ether oxygens (including phenoxy) is 1. The molecule has 0 saturated heterocycles. The van der Waals surface area contributed by atoms with Gasteiger partial charge >= 0.3 is 5.97 Å². The third-order valence-corrected chi connectivity index (χ3v) is 3.50. The van der Waals surface area contributed by atoms with E-state index in [4.69, 9.17) is 4.74 Å². The van der Waals surface area contributed by atoms with Gasteiger partial charge in [0.2, 0.25) is 5.88 Å². The molecule has 0 aliphatic rings. The van der Waals surface area contributed by atoms with Crippen LogP contribution in [0.1, 0.15) is 25.1 Å². The lowest BCUT2D eigenvalue weighted by Crippen LogP contribution is -2.41. The van der Waals surface area contributed by atoms with Crippen LogP contribution in [0, 0.1) is 19.3 Å². The standard InChI is InChI=1S/C17H22N2O3/c1-12-9-13(2)18-14(10-12)22-16(21)15(20)17(3,4)11-19-7-5-6-8-19/h5-10,15,20H,11H2,1-4H3. The minimum atomic E-state index is -1.24. The van der Waals surface area contributed by atoms with Crippen molar-refractivity contribution >= 4 is 5.97 Å². The Morgan fingerprint density at radius 3 is 2.55 bits per heavy atom. The lowest BCUT2D eigenvalue weighted by atomic mass is 9.86. The van der Waals surface area contributed by atoms with Gasteiger partial charge in [-0.05, 0) is 37.6 Å². The number of pyridine rings is 1. The Hall–Kier alpha value is -2.14. The van der Waals surface area contributed by atoms with Crippen molar-refractivity contribution < 1.29 is 14.6 Å². The summed E-state index contributed by atoms with van der Waals surface area (Å²) in [6.07, 6.45) is 2.55. The van der Waals surface area contributed by atoms with E-state index in [-0.39, 0.29) is 5.88 Å². The van der Waals surface area contributed by atoms with Crippen LogP contribution in [0.4, 0.5) is 0 Å². The first-order valence-electron chi connectivity index (χ1n) is 7.24. The van der Waals surface area contributed by atoms with Crippen LogP contribution in [-0.4, -0.2) is 26.7 Å². The van der Waals surface area contributed by atoms with E-state index < -0.39 is 17.5 Å². The minimum absolute atomic E-state index is 0.221. The highest BCUT2D eigenvalue weighted by atomic mass is 16.6. The highest BCUT2D eigenvalue weighted by Gasteiger charge is 2.35. The molecule has 2 rings (SSSR count). The second kappa shape index (κ2) is 6.32. The van der Waals surface area contributed by atoms with Crippen LogP contribution in [0.5, 0.6) is 5.88 Å². The van der Waals surface area contributed by atoms with Crippen LogP contribution in [0.3, 0.4) is 0 Å². The van der Waals surface area contributed by atoms with E-state index in [1.54, 1.807) is 6.07 Å². The SMILES string of the molecule is Cc1cc(C)nc(OC(=O)C(O)C(C)(C)Cn2cccc2)c1. The van der Waals surface area contributed by atoms with Gasteiger partial charge in [0.1, 0.15) is 0 Å². The predicted molar refractivity (Wildman–Crippen MR) is 83.6 cm³/mol. The molecule has 0 radical (unpaired) electrons. The number of carbonyl (C=O) groups is 1. The number of aliphatic hydroxyl groups excluding tert-OH is 1. The molecule has 0 saturated carbocycles. The third-order valence-electron chi connectivity index (χ3n) is 3.50. The number of aliphatic hydroxyl groups is 1. The van der Waals surface area contributed by atoms with E-state index in [1.165, 1.54) is 0 Å². The van der Waals surface area contributed by atoms with Gasteiger partial charge in [0.15, 0.2) is 6.10 Å². The van der Waals surface area contributed by atoms with Gasteiger partial charge in [-0.15, -0.1) is 0 Å². The fourth-order valence-corrected chi connectivity index (χ4v) is 2.37. The van der Waals surface area contributed by atoms with Crippen molar-refractivity contribution in [2.24, 2.45) is 5.41 Å². The normalized spacial score (nSPS) is 13.0. The number of esters is 1. The molecule has 0 bridgehead atoms. The molecule has 5 nitrogen and oxygen atoms in total. The maximum atomic E-state index is 12.2. The second-order valence-corrected chi connectivity index (χ2v) is 6.29. The zero-order valence-corrected chi connectivity index (χ0v) is 13.4. The lowest BCUT2D eigenvalue weighted by molar-refractivity contribution is -0.151. The number of rotatable bonds is 5. The van der Waals surface area contributed by atoms with E-state index in [9.17, 15) is 9.90 Å². The van der Waals surface area contributed by atoms with E-state index in [1.807, 2.05) is 62.9 Å². The number of aryl methyl sites for hydroxylation is 2. The quantitative estimate of drug-likeness (QED) is 0.862. The molecule has 2 aromatic heterocycles. The third kappa shape index (κ3) is 3.95. The molecule has 1 N–H and O–H groups in total. The topological polar surface area (TPSA) is 64.3 Å². The van der Waals surface area contributed by atoms with Crippen LogP contribution >= 0.6 is 0 Å². The first-order valence-corrected chi connectivity index (χ1v) is 7.24. The molecule has 0 aliphatic carbocycles. The predicted octanol–water partition coefficient (Wildman–Crippen LogP) is 2.49. The average molecular weight is 302 g/mol. The summed E-state index contributed by atoms with van der Waals surface area (Å²) in [6.45, 7) is 7.90. The molecule has 0 aliphatic heterocycles. The molecule has 0 fully saturated rings. The monoisotopic (exact) mass is 302 g/mol. The number of hydrogen-bond acceptors (Lipinski definition) is 4. The van der Waals surface area contributed by atoms with Crippen LogP contribution in [0.15, 0.2) is 36.7 Å². The summed E-state index contributed by atoms with van der Waals surface area (Å²) in [7, 11) is 0. The number of carbonyl (C=O) groups excluding carboxylic acids is 1. The fraction of sp³-hybridized carbons (Fsp3) is 0.412. The van der Waals surface area contributed by atoms with Gasteiger partial charge in [-0.3, -0.25) is 0 Å². The van der Waals surface area contributed by atoms with E-state index >= 15 is 0 Å². The number of nitrogens with zero attached hydrogens (tertiary/aromatic N) is 2. The van der Waals surface area contributed by atoms with Crippen molar-refractivity contribution in [2.45, 2.75) is 40.3 Å². The lowest BCUT2D eigenvalue weighted by Gasteiger charge is -2.29. The maximum absolute atomic E-state index is 12.2. The van der Waals surface area contributed by atoms with Gasteiger partial charge in [-0.1, -0.05) is 13.8 Å². The Bertz CT molecular complexity index is 628. The van der Waals surface area contributed by atoms with Gasteiger partial charge in [-0.25, -0.2) is 9.78 Å². The smallest absolute Gasteiger partial charge is 0.342 e. The summed E-state index contributed by atoms with van der Waals surface area (Å²) < 4.78 is 7.16. The zero-order valence-electron chi connectivity index (χ0n) is 13.4. The molecule has 2 aromatic rings. The Balaban J connectivity index is 2.07. The Kier molecular flexibility index (Phi) is 4.66. The molecule has 1 unspecified atom stereocenters. The molecule has 118 valence electrons. The molecule has 1 atom stereocenters. The summed E-state index contributed by atoms with van der Waals surface area (Å²) >= 11 is 0. The van der Waals surface area contributed by atoms with E-state index in [2.05, 4.69) is 4.98 Å². The molecule has 0 amide bonds. The highest BCUT2D eigenvalue weighted by molar-refractivity contribution is 5.77. The van der Waals surface area contributed by atoms with Crippen LogP contribution < -0.4 is 4.74 Å². The maximum Gasteiger partial charge on any atom is 0.342 e. The molecule has 0 spiro atoms.